The number of nitrogens with zero attached hydrogens (tertiary/aromatic N) is 2. The Morgan fingerprint density at radius 2 is 1.76 bits per heavy atom. The molecule has 0 saturated heterocycles. The van der Waals surface area contributed by atoms with E-state index in [-0.39, 0.29) is 5.56 Å². The van der Waals surface area contributed by atoms with Gasteiger partial charge in [-0.15, -0.1) is 0 Å². The van der Waals surface area contributed by atoms with Crippen LogP contribution in [0, 0.1) is 5.92 Å². The van der Waals surface area contributed by atoms with E-state index in [9.17, 15) is 4.79 Å². The van der Waals surface area contributed by atoms with Crippen LogP contribution >= 0.6 is 11.6 Å². The molecule has 0 aliphatic carbocycles. The van der Waals surface area contributed by atoms with Crippen molar-refractivity contribution in [2.24, 2.45) is 5.92 Å². The zero-order valence-corrected chi connectivity index (χ0v) is 17.2. The van der Waals surface area contributed by atoms with Crippen LogP contribution in [0.1, 0.15) is 13.8 Å². The molecule has 0 fully saturated rings. The van der Waals surface area contributed by atoms with E-state index in [1.807, 2.05) is 42.5 Å². The van der Waals surface area contributed by atoms with Gasteiger partial charge in [0.1, 0.15) is 0 Å². The van der Waals surface area contributed by atoms with Gasteiger partial charge >= 0.3 is 0 Å². The van der Waals surface area contributed by atoms with Crippen molar-refractivity contribution in [1.82, 2.24) is 14.3 Å². The van der Waals surface area contributed by atoms with Gasteiger partial charge in [-0.3, -0.25) is 19.1 Å². The summed E-state index contributed by atoms with van der Waals surface area (Å²) in [5.41, 5.74) is 2.83. The Labute approximate surface area is 173 Å². The van der Waals surface area contributed by atoms with Crippen molar-refractivity contribution in [2.45, 2.75) is 13.8 Å². The highest BCUT2D eigenvalue weighted by molar-refractivity contribution is 6.30. The molecule has 150 valence electrons. The summed E-state index contributed by atoms with van der Waals surface area (Å²) >= 11 is 5.95. The van der Waals surface area contributed by atoms with Crippen LogP contribution in [0.15, 0.2) is 59.7 Å². The van der Waals surface area contributed by atoms with E-state index in [2.05, 4.69) is 18.9 Å². The molecule has 2 aromatic carbocycles. The second-order valence-corrected chi connectivity index (χ2v) is 7.70. The third kappa shape index (κ3) is 3.76. The van der Waals surface area contributed by atoms with Crippen molar-refractivity contribution in [2.75, 3.05) is 13.7 Å². The maximum Gasteiger partial charge on any atom is 0.266 e. The summed E-state index contributed by atoms with van der Waals surface area (Å²) in [6.07, 6.45) is 3.57. The molecule has 0 amide bonds. The van der Waals surface area contributed by atoms with Crippen molar-refractivity contribution in [3.05, 3.63) is 70.2 Å². The third-order valence-electron chi connectivity index (χ3n) is 4.60. The number of rotatable bonds is 6. The lowest BCUT2D eigenvalue weighted by Gasteiger charge is -2.13. The quantitative estimate of drug-likeness (QED) is 0.497. The SMILES string of the molecule is COc1cc(-n2cc3[nH]n(-c4ccc(Cl)cc4)cc-3c2=O)ccc1OCC(C)C. The summed E-state index contributed by atoms with van der Waals surface area (Å²) in [4.78, 5) is 13.0. The first-order chi connectivity index (χ1) is 14.0. The number of ether oxygens (including phenoxy) is 2. The second-order valence-electron chi connectivity index (χ2n) is 7.26. The van der Waals surface area contributed by atoms with Crippen LogP contribution in [-0.4, -0.2) is 28.1 Å². The Kier molecular flexibility index (Phi) is 5.11. The van der Waals surface area contributed by atoms with Crippen molar-refractivity contribution in [3.63, 3.8) is 0 Å². The summed E-state index contributed by atoms with van der Waals surface area (Å²) in [5.74, 6) is 1.66. The van der Waals surface area contributed by atoms with Gasteiger partial charge in [0, 0.05) is 23.5 Å². The maximum atomic E-state index is 13.0. The van der Waals surface area contributed by atoms with Gasteiger partial charge in [0.15, 0.2) is 11.5 Å². The number of aromatic amines is 1. The Balaban J connectivity index is 1.69. The van der Waals surface area contributed by atoms with Gasteiger partial charge in [0.05, 0.1) is 36.3 Å². The minimum absolute atomic E-state index is 0.109. The highest BCUT2D eigenvalue weighted by Gasteiger charge is 2.18. The van der Waals surface area contributed by atoms with Crippen LogP contribution in [0.3, 0.4) is 0 Å². The van der Waals surface area contributed by atoms with Crippen molar-refractivity contribution >= 4 is 11.6 Å². The first-order valence-corrected chi connectivity index (χ1v) is 9.74. The Morgan fingerprint density at radius 3 is 2.41 bits per heavy atom. The standard InChI is InChI=1S/C22H22ClN3O3/c1-14(2)13-29-20-9-8-17(10-21(20)28-3)25-12-19-18(22(25)27)11-26(24-19)16-6-4-15(23)5-7-16/h4-12,14,24H,13H2,1-3H3. The molecule has 6 nitrogen and oxygen atoms in total. The Hall–Kier alpha value is -3.12. The maximum absolute atomic E-state index is 13.0. The van der Waals surface area contributed by atoms with Gasteiger partial charge in [0.2, 0.25) is 0 Å². The summed E-state index contributed by atoms with van der Waals surface area (Å²) in [5, 5.41) is 3.90. The molecule has 0 radical (unpaired) electrons. The third-order valence-corrected chi connectivity index (χ3v) is 4.85. The monoisotopic (exact) mass is 411 g/mol. The van der Waals surface area contributed by atoms with E-state index >= 15 is 0 Å². The number of benzene rings is 2. The topological polar surface area (TPSA) is 61.2 Å². The molecule has 2 aromatic rings. The van der Waals surface area contributed by atoms with Gasteiger partial charge in [0.25, 0.3) is 5.56 Å². The fourth-order valence-electron chi connectivity index (χ4n) is 3.12. The minimum atomic E-state index is -0.109. The molecule has 0 atom stereocenters. The lowest BCUT2D eigenvalue weighted by Crippen LogP contribution is -2.13. The number of hydrogen-bond donors (Lipinski definition) is 1. The lowest BCUT2D eigenvalue weighted by molar-refractivity contribution is 0.257. The second kappa shape index (κ2) is 7.72. The van der Waals surface area contributed by atoms with Gasteiger partial charge < -0.3 is 9.47 Å². The minimum Gasteiger partial charge on any atom is -0.493 e. The number of hydrogen-bond acceptors (Lipinski definition) is 3. The van der Waals surface area contributed by atoms with Crippen molar-refractivity contribution in [3.8, 4) is 34.1 Å². The molecule has 7 heteroatoms. The summed E-state index contributed by atoms with van der Waals surface area (Å²) in [6.45, 7) is 4.77. The van der Waals surface area contributed by atoms with E-state index in [0.717, 1.165) is 11.4 Å². The number of halogens is 1. The van der Waals surface area contributed by atoms with Crippen LogP contribution in [0.5, 0.6) is 11.5 Å². The van der Waals surface area contributed by atoms with E-state index in [1.54, 1.807) is 28.8 Å². The van der Waals surface area contributed by atoms with Gasteiger partial charge in [-0.1, -0.05) is 25.4 Å². The van der Waals surface area contributed by atoms with Crippen molar-refractivity contribution < 1.29 is 9.47 Å². The molecule has 4 rings (SSSR count). The Bertz CT molecular complexity index is 1150. The molecule has 0 aromatic heterocycles. The molecule has 2 aliphatic rings. The number of fused-ring (bicyclic) bond motifs is 1. The van der Waals surface area contributed by atoms with Crippen LogP contribution < -0.4 is 15.0 Å². The predicted octanol–water partition coefficient (Wildman–Crippen LogP) is 4.76. The molecular formula is C22H22ClN3O3. The fraction of sp³-hybridized carbons (Fsp3) is 0.227. The first-order valence-electron chi connectivity index (χ1n) is 9.36. The van der Waals surface area contributed by atoms with Gasteiger partial charge in [-0.2, -0.15) is 0 Å². The van der Waals surface area contributed by atoms with E-state index in [0.29, 0.717) is 40.3 Å². The molecule has 2 aliphatic heterocycles. The smallest absolute Gasteiger partial charge is 0.266 e. The fourth-order valence-corrected chi connectivity index (χ4v) is 3.25. The predicted molar refractivity (Wildman–Crippen MR) is 114 cm³/mol. The highest BCUT2D eigenvalue weighted by Crippen LogP contribution is 2.30. The van der Waals surface area contributed by atoms with E-state index in [1.165, 1.54) is 0 Å². The summed E-state index contributed by atoms with van der Waals surface area (Å²) in [7, 11) is 1.59. The molecular weight excluding hydrogens is 390 g/mol. The molecule has 2 heterocycles. The van der Waals surface area contributed by atoms with Crippen LogP contribution in [0.25, 0.3) is 22.6 Å². The molecule has 29 heavy (non-hydrogen) atoms. The summed E-state index contributed by atoms with van der Waals surface area (Å²) < 4.78 is 14.7. The van der Waals surface area contributed by atoms with Gasteiger partial charge in [-0.25, -0.2) is 0 Å². The lowest BCUT2D eigenvalue weighted by atomic mass is 10.2. The average Bonchev–Trinajstić information content (AvgIpc) is 3.26. The van der Waals surface area contributed by atoms with Crippen LogP contribution in [-0.2, 0) is 0 Å². The van der Waals surface area contributed by atoms with E-state index in [4.69, 9.17) is 21.1 Å². The average molecular weight is 412 g/mol. The molecule has 0 spiro atoms. The normalized spacial score (nSPS) is 11.3. The zero-order valence-electron chi connectivity index (χ0n) is 16.5. The largest absolute Gasteiger partial charge is 0.493 e. The summed E-state index contributed by atoms with van der Waals surface area (Å²) in [6, 6.07) is 12.9. The van der Waals surface area contributed by atoms with Gasteiger partial charge in [-0.05, 0) is 42.3 Å². The zero-order chi connectivity index (χ0) is 20.5. The molecule has 0 unspecified atom stereocenters. The number of H-pyrrole nitrogens is 1. The molecule has 0 bridgehead atoms. The number of aromatic nitrogens is 3. The Morgan fingerprint density at radius 1 is 1.03 bits per heavy atom. The molecule has 0 saturated carbocycles. The van der Waals surface area contributed by atoms with Crippen molar-refractivity contribution in [1.29, 1.82) is 0 Å². The van der Waals surface area contributed by atoms with Crippen LogP contribution in [0.2, 0.25) is 5.02 Å². The number of methoxy groups -OCH3 is 1. The first kappa shape index (κ1) is 19.2. The molecule has 1 N–H and O–H groups in total. The van der Waals surface area contributed by atoms with E-state index < -0.39 is 0 Å². The van der Waals surface area contributed by atoms with Crippen LogP contribution in [0.4, 0.5) is 0 Å². The number of nitrogens with one attached hydrogen (secondary N) is 1. The highest BCUT2D eigenvalue weighted by atomic mass is 35.5.